The van der Waals surface area contributed by atoms with Crippen LogP contribution in [0.2, 0.25) is 18.1 Å². The summed E-state index contributed by atoms with van der Waals surface area (Å²) >= 11 is 0. The van der Waals surface area contributed by atoms with E-state index in [0.29, 0.717) is 13.2 Å². The predicted octanol–water partition coefficient (Wildman–Crippen LogP) is 4.38. The third kappa shape index (κ3) is 5.17. The Morgan fingerprint density at radius 2 is 1.73 bits per heavy atom. The lowest BCUT2D eigenvalue weighted by Gasteiger charge is -2.44. The molecule has 5 unspecified atom stereocenters. The average Bonchev–Trinajstić information content (AvgIpc) is 2.57. The van der Waals surface area contributed by atoms with Crippen molar-refractivity contribution in [3.63, 3.8) is 0 Å². The standard InChI is InChI=1S/C21H36O4Si/c1-15-16(2)25-18(14-24-26(6,7)21(3,4)5)19(22)20(15)23-13-17-11-9-8-10-12-17/h8-12,15-16,18-20,22H,13-14H2,1-7H3. The Morgan fingerprint density at radius 3 is 2.31 bits per heavy atom. The van der Waals surface area contributed by atoms with E-state index in [4.69, 9.17) is 13.9 Å². The lowest BCUT2D eigenvalue weighted by molar-refractivity contribution is -0.216. The lowest BCUT2D eigenvalue weighted by Crippen LogP contribution is -2.56. The Hall–Kier alpha value is -0.723. The van der Waals surface area contributed by atoms with Gasteiger partial charge in [-0.1, -0.05) is 58.0 Å². The summed E-state index contributed by atoms with van der Waals surface area (Å²) in [4.78, 5) is 0. The van der Waals surface area contributed by atoms with Crippen molar-refractivity contribution in [3.8, 4) is 0 Å². The normalized spacial score (nSPS) is 30.4. The van der Waals surface area contributed by atoms with Gasteiger partial charge in [-0.3, -0.25) is 0 Å². The van der Waals surface area contributed by atoms with Gasteiger partial charge in [-0.25, -0.2) is 0 Å². The molecule has 1 aliphatic heterocycles. The van der Waals surface area contributed by atoms with Crippen molar-refractivity contribution in [2.75, 3.05) is 6.61 Å². The molecule has 1 saturated heterocycles. The number of aliphatic hydroxyl groups is 1. The van der Waals surface area contributed by atoms with Gasteiger partial charge in [0.25, 0.3) is 0 Å². The fourth-order valence-electron chi connectivity index (χ4n) is 2.93. The zero-order chi connectivity index (χ0) is 19.5. The molecule has 4 nitrogen and oxygen atoms in total. The minimum atomic E-state index is -1.88. The highest BCUT2D eigenvalue weighted by atomic mass is 28.4. The van der Waals surface area contributed by atoms with Crippen molar-refractivity contribution < 1.29 is 19.0 Å². The molecule has 1 N–H and O–H groups in total. The molecule has 5 heteroatoms. The Bertz CT molecular complexity index is 555. The molecule has 1 heterocycles. The molecule has 0 bridgehead atoms. The van der Waals surface area contributed by atoms with Gasteiger partial charge in [0.05, 0.1) is 25.4 Å². The van der Waals surface area contributed by atoms with Gasteiger partial charge >= 0.3 is 0 Å². The third-order valence-corrected chi connectivity index (χ3v) is 10.6. The molecule has 0 amide bonds. The number of ether oxygens (including phenoxy) is 2. The molecule has 0 aromatic heterocycles. The van der Waals surface area contributed by atoms with E-state index in [1.165, 1.54) is 0 Å². The van der Waals surface area contributed by atoms with Crippen molar-refractivity contribution in [2.24, 2.45) is 5.92 Å². The monoisotopic (exact) mass is 380 g/mol. The highest BCUT2D eigenvalue weighted by Gasteiger charge is 2.44. The van der Waals surface area contributed by atoms with E-state index in [1.54, 1.807) is 0 Å². The van der Waals surface area contributed by atoms with Crippen LogP contribution < -0.4 is 0 Å². The quantitative estimate of drug-likeness (QED) is 0.744. The Kier molecular flexibility index (Phi) is 7.08. The molecular weight excluding hydrogens is 344 g/mol. The van der Waals surface area contributed by atoms with Crippen LogP contribution in [0.3, 0.4) is 0 Å². The minimum Gasteiger partial charge on any atom is -0.414 e. The molecule has 0 saturated carbocycles. The van der Waals surface area contributed by atoms with E-state index in [-0.39, 0.29) is 29.3 Å². The molecule has 0 spiro atoms. The topological polar surface area (TPSA) is 47.9 Å². The lowest BCUT2D eigenvalue weighted by atomic mass is 9.88. The molecule has 0 radical (unpaired) electrons. The molecule has 1 aromatic rings. The summed E-state index contributed by atoms with van der Waals surface area (Å²) in [6.45, 7) is 16.1. The summed E-state index contributed by atoms with van der Waals surface area (Å²) in [6, 6.07) is 10.1. The van der Waals surface area contributed by atoms with Gasteiger partial charge in [0.2, 0.25) is 0 Å². The average molecular weight is 381 g/mol. The van der Waals surface area contributed by atoms with Crippen molar-refractivity contribution >= 4 is 8.32 Å². The molecule has 26 heavy (non-hydrogen) atoms. The van der Waals surface area contributed by atoms with Gasteiger partial charge < -0.3 is 19.0 Å². The molecule has 0 aliphatic carbocycles. The van der Waals surface area contributed by atoms with E-state index in [2.05, 4.69) is 47.7 Å². The van der Waals surface area contributed by atoms with Crippen LogP contribution >= 0.6 is 0 Å². The fourth-order valence-corrected chi connectivity index (χ4v) is 3.95. The van der Waals surface area contributed by atoms with Crippen molar-refractivity contribution in [1.82, 2.24) is 0 Å². The van der Waals surface area contributed by atoms with Crippen molar-refractivity contribution in [3.05, 3.63) is 35.9 Å². The van der Waals surface area contributed by atoms with E-state index < -0.39 is 14.4 Å². The van der Waals surface area contributed by atoms with Crippen LogP contribution in [0.5, 0.6) is 0 Å². The van der Waals surface area contributed by atoms with Crippen LogP contribution in [0.1, 0.15) is 40.2 Å². The smallest absolute Gasteiger partial charge is 0.192 e. The molecular formula is C21H36O4Si. The number of rotatable bonds is 6. The number of benzene rings is 1. The second kappa shape index (κ2) is 8.53. The Morgan fingerprint density at radius 1 is 1.12 bits per heavy atom. The third-order valence-electron chi connectivity index (χ3n) is 6.07. The van der Waals surface area contributed by atoms with E-state index in [1.807, 2.05) is 30.3 Å². The van der Waals surface area contributed by atoms with Crippen LogP contribution in [0.25, 0.3) is 0 Å². The molecule has 1 aromatic carbocycles. The molecule has 2 rings (SSSR count). The fraction of sp³-hybridized carbons (Fsp3) is 0.714. The molecule has 1 aliphatic rings. The largest absolute Gasteiger partial charge is 0.414 e. The molecule has 148 valence electrons. The summed E-state index contributed by atoms with van der Waals surface area (Å²) in [7, 11) is -1.88. The minimum absolute atomic E-state index is 0.0205. The zero-order valence-corrected chi connectivity index (χ0v) is 18.4. The molecule has 1 fully saturated rings. The van der Waals surface area contributed by atoms with E-state index in [0.717, 1.165) is 5.56 Å². The summed E-state index contributed by atoms with van der Waals surface area (Å²) in [6.07, 6.45) is -1.27. The number of hydrogen-bond acceptors (Lipinski definition) is 4. The van der Waals surface area contributed by atoms with Crippen molar-refractivity contribution in [2.45, 2.75) is 83.8 Å². The highest BCUT2D eigenvalue weighted by molar-refractivity contribution is 6.74. The summed E-state index contributed by atoms with van der Waals surface area (Å²) in [5.41, 5.74) is 1.11. The van der Waals surface area contributed by atoms with Gasteiger partial charge in [0.15, 0.2) is 8.32 Å². The van der Waals surface area contributed by atoms with Crippen molar-refractivity contribution in [1.29, 1.82) is 0 Å². The SMILES string of the molecule is CC1OC(CO[Si](C)(C)C(C)(C)C)C(O)C(OCc2ccccc2)C1C. The first-order chi connectivity index (χ1) is 12.0. The van der Waals surface area contributed by atoms with Gasteiger partial charge in [-0.05, 0) is 30.6 Å². The maximum absolute atomic E-state index is 10.9. The van der Waals surface area contributed by atoms with E-state index >= 15 is 0 Å². The van der Waals surface area contributed by atoms with Crippen LogP contribution in [0, 0.1) is 5.92 Å². The number of hydrogen-bond donors (Lipinski definition) is 1. The van der Waals surface area contributed by atoms with Gasteiger partial charge in [0, 0.05) is 5.92 Å². The predicted molar refractivity (Wildman–Crippen MR) is 108 cm³/mol. The molecule has 5 atom stereocenters. The Labute approximate surface area is 160 Å². The van der Waals surface area contributed by atoms with Gasteiger partial charge in [-0.2, -0.15) is 0 Å². The summed E-state index contributed by atoms with van der Waals surface area (Å²) in [5.74, 6) is 0.123. The van der Waals surface area contributed by atoms with Crippen LogP contribution in [0.15, 0.2) is 30.3 Å². The summed E-state index contributed by atoms with van der Waals surface area (Å²) in [5, 5.41) is 11.0. The van der Waals surface area contributed by atoms with E-state index in [9.17, 15) is 5.11 Å². The Balaban J connectivity index is 2.00. The second-order valence-electron chi connectivity index (χ2n) is 9.06. The first-order valence-electron chi connectivity index (χ1n) is 9.66. The van der Waals surface area contributed by atoms with Crippen LogP contribution in [-0.4, -0.2) is 44.4 Å². The second-order valence-corrected chi connectivity index (χ2v) is 13.9. The summed E-state index contributed by atoms with van der Waals surface area (Å²) < 4.78 is 18.5. The van der Waals surface area contributed by atoms with Crippen LogP contribution in [0.4, 0.5) is 0 Å². The highest BCUT2D eigenvalue weighted by Crippen LogP contribution is 2.37. The first-order valence-corrected chi connectivity index (χ1v) is 12.6. The van der Waals surface area contributed by atoms with Gasteiger partial charge in [-0.15, -0.1) is 0 Å². The number of aliphatic hydroxyl groups excluding tert-OH is 1. The maximum atomic E-state index is 10.9. The van der Waals surface area contributed by atoms with Crippen LogP contribution in [-0.2, 0) is 20.5 Å². The maximum Gasteiger partial charge on any atom is 0.192 e. The zero-order valence-electron chi connectivity index (χ0n) is 17.4. The first kappa shape index (κ1) is 21.6. The van der Waals surface area contributed by atoms with Gasteiger partial charge in [0.1, 0.15) is 12.2 Å².